The van der Waals surface area contributed by atoms with E-state index in [4.69, 9.17) is 43.6 Å². The van der Waals surface area contributed by atoms with Crippen molar-refractivity contribution in [3.63, 3.8) is 0 Å². The maximum absolute atomic E-state index is 12.1. The molecule has 0 radical (unpaired) electrons. The summed E-state index contributed by atoms with van der Waals surface area (Å²) in [5.41, 5.74) is 4.69. The molecule has 0 aliphatic carbocycles. The molecule has 0 saturated carbocycles. The third-order valence-electron chi connectivity index (χ3n) is 13.8. The van der Waals surface area contributed by atoms with Crippen LogP contribution in [0, 0.1) is 38.9 Å². The molecule has 12 N–H and O–H groups in total. The molecule has 484 valence electrons. The lowest BCUT2D eigenvalue weighted by Crippen LogP contribution is -2.58. The lowest BCUT2D eigenvalue weighted by atomic mass is 9.77. The molecule has 0 aromatic carbocycles. The summed E-state index contributed by atoms with van der Waals surface area (Å²) in [5.74, 6) is -3.90. The second kappa shape index (κ2) is 33.8. The number of hydrogen-bond donors (Lipinski definition) is 11. The standard InChI is InChI=1S/C21H34O12.C11H23NO2.C10H20O5.C9H18O2.C7H14O2/c1-9-14(24)16(26)15(25)11(32-9)8-31-13(23)6-5-12(22)30-7-10(21(2,3)4)19-17(27)18(28)20(29)33-19;1-7(2)9(12)10(13)14-8(3)11(4,5)6;1-10(2,3)4-5-6(11)7(12)8(13)9(14)15-5;1-7(10)11-9(5,6)8(2,3)4;1-6(8)9-5-7(2,3)4/h9-11,14-16,19-20,24-29H,5-8H2,1-4H3;7-9H,12H2,1-6H3;5-9,11-14H,4H2,1-3H3;1-6H3;5H2,1-4H3/t;8?,9-;;;/m.1.../s1. The van der Waals surface area contributed by atoms with Gasteiger partial charge in [0.2, 0.25) is 6.29 Å². The molecule has 3 aliphatic rings. The predicted molar refractivity (Wildman–Crippen MR) is 302 cm³/mol. The van der Waals surface area contributed by atoms with Crippen molar-refractivity contribution in [2.45, 2.75) is 270 Å². The van der Waals surface area contributed by atoms with Gasteiger partial charge in [0, 0.05) is 25.2 Å². The van der Waals surface area contributed by atoms with Gasteiger partial charge in [-0.05, 0) is 61.7 Å². The van der Waals surface area contributed by atoms with Crippen LogP contribution in [0.4, 0.5) is 0 Å². The molecule has 15 atom stereocenters. The van der Waals surface area contributed by atoms with E-state index in [1.807, 2.05) is 96.9 Å². The largest absolute Gasteiger partial charge is 0.506 e. The van der Waals surface area contributed by atoms with E-state index in [0.29, 0.717) is 13.0 Å². The van der Waals surface area contributed by atoms with Crippen LogP contribution in [0.15, 0.2) is 11.5 Å². The smallest absolute Gasteiger partial charge is 0.323 e. The van der Waals surface area contributed by atoms with E-state index in [1.165, 1.54) is 20.8 Å². The fourth-order valence-corrected chi connectivity index (χ4v) is 6.83. The minimum Gasteiger partial charge on any atom is -0.506 e. The molecule has 2 saturated heterocycles. The van der Waals surface area contributed by atoms with Crippen molar-refractivity contribution in [2.24, 2.45) is 44.6 Å². The summed E-state index contributed by atoms with van der Waals surface area (Å²) in [6.45, 7) is 43.5. The Morgan fingerprint density at radius 2 is 1.05 bits per heavy atom. The summed E-state index contributed by atoms with van der Waals surface area (Å²) in [6.07, 6.45) is -15.0. The highest BCUT2D eigenvalue weighted by atomic mass is 16.6. The van der Waals surface area contributed by atoms with Gasteiger partial charge in [-0.25, -0.2) is 0 Å². The number of carbonyl (C=O) groups excluding carboxylic acids is 5. The Kier molecular flexibility index (Phi) is 33.1. The summed E-state index contributed by atoms with van der Waals surface area (Å²) in [7, 11) is 0. The maximum atomic E-state index is 12.1. The topological polar surface area (TPSA) is 388 Å². The van der Waals surface area contributed by atoms with Crippen LogP contribution in [0.5, 0.6) is 0 Å². The van der Waals surface area contributed by atoms with Crippen LogP contribution < -0.4 is 5.73 Å². The summed E-state index contributed by atoms with van der Waals surface area (Å²) in [6, 6.07) is -0.514. The van der Waals surface area contributed by atoms with Crippen molar-refractivity contribution in [1.82, 2.24) is 0 Å². The summed E-state index contributed by atoms with van der Waals surface area (Å²) < 4.78 is 41.0. The van der Waals surface area contributed by atoms with Crippen molar-refractivity contribution in [1.29, 1.82) is 0 Å². The quantitative estimate of drug-likeness (QED) is 0.0838. The summed E-state index contributed by atoms with van der Waals surface area (Å²) >= 11 is 0. The van der Waals surface area contributed by atoms with E-state index in [1.54, 1.807) is 20.8 Å². The Labute approximate surface area is 487 Å². The minimum atomic E-state index is -1.66. The van der Waals surface area contributed by atoms with Crippen LogP contribution in [0.2, 0.25) is 0 Å². The average molecular weight is 1190 g/mol. The lowest BCUT2D eigenvalue weighted by Gasteiger charge is -2.40. The van der Waals surface area contributed by atoms with Crippen molar-refractivity contribution >= 4 is 29.8 Å². The Morgan fingerprint density at radius 1 is 0.573 bits per heavy atom. The molecule has 0 aromatic heterocycles. The number of rotatable bonds is 14. The Balaban J connectivity index is 0. The van der Waals surface area contributed by atoms with Crippen LogP contribution in [0.3, 0.4) is 0 Å². The fraction of sp³-hybridized carbons (Fsp3) is 0.879. The van der Waals surface area contributed by atoms with Gasteiger partial charge in [0.15, 0.2) is 17.8 Å². The number of carbonyl (C=O) groups is 5. The van der Waals surface area contributed by atoms with E-state index >= 15 is 0 Å². The van der Waals surface area contributed by atoms with E-state index in [2.05, 4.69) is 20.8 Å². The highest BCUT2D eigenvalue weighted by molar-refractivity contribution is 5.77. The van der Waals surface area contributed by atoms with Crippen molar-refractivity contribution in [3.8, 4) is 0 Å². The Hall–Kier alpha value is -3.79. The number of ether oxygens (including phenoxy) is 8. The number of nitrogens with two attached hydrogens (primary N) is 1. The molecule has 0 amide bonds. The van der Waals surface area contributed by atoms with Crippen molar-refractivity contribution in [2.75, 3.05) is 19.8 Å². The first-order valence-electron chi connectivity index (χ1n) is 27.8. The SMILES string of the molecule is CC(=O)OC(C)(C)C(C)(C)C.CC(=O)OCC(C)(C)C.CC(C)(C)CC1OC(O)C(O)C(O)C1O.CC(C)[C@@H](N)C(=O)OC(C)C(C)(C)C.CC1OC(COC(=O)CCC(=O)OCC(C2OC(O)C(O)=C2O)C(C)(C)C)C(O)C(O)C1O. The zero-order valence-corrected chi connectivity index (χ0v) is 53.3. The third kappa shape index (κ3) is 29.8. The van der Waals surface area contributed by atoms with Gasteiger partial charge in [0.25, 0.3) is 0 Å². The minimum absolute atomic E-state index is 0.0152. The first kappa shape index (κ1) is 80.3. The Bertz CT molecular complexity index is 1980. The normalized spacial score (nSPS) is 27.2. The van der Waals surface area contributed by atoms with E-state index in [0.717, 1.165) is 0 Å². The van der Waals surface area contributed by atoms with Crippen molar-refractivity contribution < 1.29 is 113 Å². The summed E-state index contributed by atoms with van der Waals surface area (Å²) in [4.78, 5) is 56.5. The molecule has 0 aromatic rings. The molecule has 2 fully saturated rings. The van der Waals surface area contributed by atoms with Gasteiger partial charge in [-0.1, -0.05) is 118 Å². The number of esters is 5. The molecular formula is C58H109NO23. The van der Waals surface area contributed by atoms with Crippen LogP contribution in [-0.2, 0) is 61.9 Å². The maximum Gasteiger partial charge on any atom is 0.323 e. The second-order valence-corrected chi connectivity index (χ2v) is 27.6. The van der Waals surface area contributed by atoms with Crippen LogP contribution >= 0.6 is 0 Å². The monoisotopic (exact) mass is 1190 g/mol. The van der Waals surface area contributed by atoms with Gasteiger partial charge in [0.05, 0.1) is 38.3 Å². The first-order valence-corrected chi connectivity index (χ1v) is 27.8. The molecule has 3 aliphatic heterocycles. The van der Waals surface area contributed by atoms with Crippen LogP contribution in [0.25, 0.3) is 0 Å². The van der Waals surface area contributed by atoms with Gasteiger partial charge in [-0.3, -0.25) is 24.0 Å². The number of aliphatic hydroxyl groups excluding tert-OH is 10. The van der Waals surface area contributed by atoms with E-state index in [9.17, 15) is 75.0 Å². The van der Waals surface area contributed by atoms with Gasteiger partial charge >= 0.3 is 29.8 Å². The number of hydrogen-bond acceptors (Lipinski definition) is 24. The van der Waals surface area contributed by atoms with Gasteiger partial charge in [0.1, 0.15) is 73.2 Å². The van der Waals surface area contributed by atoms with E-state index in [-0.39, 0.29) is 77.6 Å². The molecule has 14 unspecified atom stereocenters. The van der Waals surface area contributed by atoms with E-state index < -0.39 is 120 Å². The molecule has 3 heterocycles. The fourth-order valence-electron chi connectivity index (χ4n) is 6.83. The lowest BCUT2D eigenvalue weighted by molar-refractivity contribution is -0.285. The van der Waals surface area contributed by atoms with Gasteiger partial charge < -0.3 is 94.7 Å². The van der Waals surface area contributed by atoms with Crippen LogP contribution in [0.1, 0.15) is 179 Å². The Morgan fingerprint density at radius 3 is 1.41 bits per heavy atom. The molecule has 3 rings (SSSR count). The first-order chi connectivity index (χ1) is 36.7. The molecule has 24 heteroatoms. The molecule has 0 bridgehead atoms. The average Bonchev–Trinajstić information content (AvgIpc) is 3.55. The number of aliphatic hydroxyl groups is 10. The summed E-state index contributed by atoms with van der Waals surface area (Å²) in [5, 5.41) is 96.2. The highest BCUT2D eigenvalue weighted by Crippen LogP contribution is 2.38. The molecule has 24 nitrogen and oxygen atoms in total. The molecular weight excluding hydrogens is 1080 g/mol. The van der Waals surface area contributed by atoms with Crippen LogP contribution in [-0.4, -0.2) is 192 Å². The zero-order chi connectivity index (χ0) is 65.2. The second-order valence-electron chi connectivity index (χ2n) is 27.6. The highest BCUT2D eigenvalue weighted by Gasteiger charge is 2.46. The zero-order valence-electron chi connectivity index (χ0n) is 53.3. The van der Waals surface area contributed by atoms with Gasteiger partial charge in [-0.2, -0.15) is 0 Å². The van der Waals surface area contributed by atoms with Crippen molar-refractivity contribution in [3.05, 3.63) is 11.5 Å². The molecule has 82 heavy (non-hydrogen) atoms. The molecule has 0 spiro atoms. The van der Waals surface area contributed by atoms with Gasteiger partial charge in [-0.15, -0.1) is 0 Å². The predicted octanol–water partition coefficient (Wildman–Crippen LogP) is 4.57. The third-order valence-corrected chi connectivity index (χ3v) is 13.8.